The van der Waals surface area contributed by atoms with Crippen LogP contribution in [0.5, 0.6) is 0 Å². The van der Waals surface area contributed by atoms with Crippen LogP contribution in [-0.2, 0) is 40.1 Å². The molecule has 2 N–H and O–H groups in total. The molecule has 57 heavy (non-hydrogen) atoms. The van der Waals surface area contributed by atoms with Gasteiger partial charge in [0.1, 0.15) is 12.0 Å². The summed E-state index contributed by atoms with van der Waals surface area (Å²) in [6.07, 6.45) is -6.46. The van der Waals surface area contributed by atoms with Gasteiger partial charge in [0.2, 0.25) is 10.0 Å². The number of carbonyl (C=O) groups excluding carboxylic acids is 1. The van der Waals surface area contributed by atoms with Crippen molar-refractivity contribution in [2.24, 2.45) is 5.73 Å². The summed E-state index contributed by atoms with van der Waals surface area (Å²) in [6.45, 7) is -0.347. The first kappa shape index (κ1) is 44.9. The van der Waals surface area contributed by atoms with Crippen molar-refractivity contribution < 1.29 is 52.7 Å². The minimum atomic E-state index is -4.72. The minimum absolute atomic E-state index is 0. The Morgan fingerprint density at radius 2 is 1.33 bits per heavy atom. The molecule has 1 aliphatic rings. The number of pyridine rings is 2. The van der Waals surface area contributed by atoms with Gasteiger partial charge < -0.3 is 5.73 Å². The number of aromatic nitrogens is 6. The smallest absolute Gasteiger partial charge is 0.325 e. The molecule has 0 radical (unpaired) electrons. The van der Waals surface area contributed by atoms with Crippen LogP contribution in [0.2, 0.25) is 5.02 Å². The number of alkyl halides is 7. The van der Waals surface area contributed by atoms with E-state index in [1.165, 1.54) is 12.3 Å². The number of rotatable bonds is 9. The number of ketones is 1. The van der Waals surface area contributed by atoms with E-state index in [0.29, 0.717) is 23.7 Å². The summed E-state index contributed by atoms with van der Waals surface area (Å²) >= 11 is 5.92. The van der Waals surface area contributed by atoms with Crippen LogP contribution in [0.4, 0.5) is 39.5 Å². The Hall–Kier alpha value is -4.83. The summed E-state index contributed by atoms with van der Waals surface area (Å²) < 4.78 is 144. The summed E-state index contributed by atoms with van der Waals surface area (Å²) in [6, 6.07) is 5.37. The first-order valence-electron chi connectivity index (χ1n) is 16.0. The van der Waals surface area contributed by atoms with Crippen molar-refractivity contribution in [1.29, 1.82) is 0 Å². The highest BCUT2D eigenvalue weighted by Gasteiger charge is 2.44. The van der Waals surface area contributed by atoms with E-state index < -0.39 is 69.9 Å². The number of carbonyl (C=O) groups is 1. The Morgan fingerprint density at radius 1 is 0.789 bits per heavy atom. The molecule has 1 aromatic carbocycles. The molecule has 0 aliphatic carbocycles. The lowest BCUT2D eigenvalue weighted by Gasteiger charge is -2.22. The molecule has 1 fully saturated rings. The predicted octanol–water partition coefficient (Wildman–Crippen LogP) is 7.23. The maximum Gasteiger partial charge on any atom is 0.434 e. The van der Waals surface area contributed by atoms with E-state index in [0.717, 1.165) is 47.2 Å². The second-order valence-electron chi connectivity index (χ2n) is 11.9. The molecule has 1 saturated heterocycles. The molecule has 0 saturated carbocycles. The zero-order valence-corrected chi connectivity index (χ0v) is 31.0. The Morgan fingerprint density at radius 3 is 1.86 bits per heavy atom. The van der Waals surface area contributed by atoms with Crippen LogP contribution in [0.25, 0.3) is 22.5 Å². The van der Waals surface area contributed by atoms with Gasteiger partial charge in [-0.05, 0) is 42.8 Å². The van der Waals surface area contributed by atoms with E-state index >= 15 is 0 Å². The second kappa shape index (κ2) is 18.2. The van der Waals surface area contributed by atoms with Crippen LogP contribution < -0.4 is 5.73 Å². The van der Waals surface area contributed by atoms with Gasteiger partial charge in [0, 0.05) is 48.9 Å². The Kier molecular flexibility index (Phi) is 14.3. The average Bonchev–Trinajstić information content (AvgIpc) is 3.57. The zero-order valence-electron chi connectivity index (χ0n) is 28.6. The Balaban J connectivity index is 0.000000303. The van der Waals surface area contributed by atoms with Crippen LogP contribution in [0.3, 0.4) is 0 Å². The monoisotopic (exact) mass is 868 g/mol. The summed E-state index contributed by atoms with van der Waals surface area (Å²) in [7, 11) is -4.28. The molecule has 0 spiro atoms. The summed E-state index contributed by atoms with van der Waals surface area (Å²) in [4.78, 5) is 34.3. The number of benzene rings is 1. The topological polar surface area (TPSA) is 158 Å². The molecule has 0 bridgehead atoms. The van der Waals surface area contributed by atoms with Crippen molar-refractivity contribution in [1.82, 2.24) is 34.2 Å². The van der Waals surface area contributed by atoms with Crippen LogP contribution >= 0.6 is 24.0 Å². The molecule has 5 heterocycles. The first-order chi connectivity index (χ1) is 26.3. The van der Waals surface area contributed by atoms with Crippen LogP contribution in [-0.4, -0.2) is 67.2 Å². The molecule has 1 aliphatic heterocycles. The van der Waals surface area contributed by atoms with Crippen LogP contribution in [0.15, 0.2) is 78.5 Å². The molecular weight excluding hydrogens is 842 g/mol. The normalized spacial score (nSPS) is 16.1. The quantitative estimate of drug-likeness (QED) is 0.150. The van der Waals surface area contributed by atoms with Crippen molar-refractivity contribution in [3.63, 3.8) is 0 Å². The van der Waals surface area contributed by atoms with Gasteiger partial charge in [-0.1, -0.05) is 11.6 Å². The fraction of sp³-hybridized carbons (Fsp3) is 0.265. The van der Waals surface area contributed by atoms with Gasteiger partial charge in [-0.15, -0.1) is 12.4 Å². The van der Waals surface area contributed by atoms with Crippen LogP contribution in [0, 0.1) is 11.6 Å². The van der Waals surface area contributed by atoms with E-state index in [1.54, 1.807) is 6.07 Å². The number of halogens is 11. The molecule has 23 heteroatoms. The maximum atomic E-state index is 14.3. The van der Waals surface area contributed by atoms with Gasteiger partial charge in [0.25, 0.3) is 0 Å². The molecule has 4 aromatic heterocycles. The number of nitrogens with two attached hydrogens (primary N) is 1. The Bertz CT molecular complexity index is 2290. The lowest BCUT2D eigenvalue weighted by Crippen LogP contribution is -2.40. The number of hydrogen-bond donors (Lipinski definition) is 1. The zero-order chi connectivity index (χ0) is 41.0. The number of sulfonamides is 1. The molecular formula is C34H27Cl2F9N8O3S. The highest BCUT2D eigenvalue weighted by molar-refractivity contribution is 7.89. The lowest BCUT2D eigenvalue weighted by atomic mass is 10.0. The molecule has 0 amide bonds. The van der Waals surface area contributed by atoms with Crippen molar-refractivity contribution in [2.75, 3.05) is 6.54 Å². The highest BCUT2D eigenvalue weighted by atomic mass is 35.5. The minimum Gasteiger partial charge on any atom is -0.325 e. The fourth-order valence-electron chi connectivity index (χ4n) is 5.31. The van der Waals surface area contributed by atoms with Crippen molar-refractivity contribution in [2.45, 2.75) is 55.3 Å². The standard InChI is InChI=1S/C23H18F6N4O3S.C11H8ClF3N4.ClH/c24-13-1-4-16(5-2-13)37(35,36)33-12-14(25)7-20(33)21(34)6-3-15-8-17(18(26)9-30-15)19-10-32-22(11-31-19)23(27,28)29;12-8-3-17-6(2-16)1-7(8)9-4-19-10(5-18-9)11(13,14)15;/h1-2,4-5,8-11,14,20H,3,6-7,12H2;1,3-5H,2,16H2;1H/t14-,20+;;/m1../s1. The number of aryl methyl sites for hydroxylation is 1. The third kappa shape index (κ3) is 11.0. The van der Waals surface area contributed by atoms with E-state index in [9.17, 15) is 52.7 Å². The van der Waals surface area contributed by atoms with Gasteiger partial charge in [-0.2, -0.15) is 30.6 Å². The van der Waals surface area contributed by atoms with Gasteiger partial charge in [-0.25, -0.2) is 31.6 Å². The number of nitrogens with zero attached hydrogens (tertiary/aromatic N) is 7. The molecule has 0 unspecified atom stereocenters. The summed E-state index contributed by atoms with van der Waals surface area (Å²) in [5.74, 6) is -2.14. The van der Waals surface area contributed by atoms with Crippen LogP contribution in [0.1, 0.15) is 35.6 Å². The van der Waals surface area contributed by atoms with Gasteiger partial charge >= 0.3 is 12.4 Å². The average molecular weight is 870 g/mol. The molecule has 5 aromatic rings. The number of hydrogen-bond acceptors (Lipinski definition) is 10. The SMILES string of the molecule is Cl.NCc1cc(-c2cnc(C(F)(F)F)cn2)c(Cl)cn1.O=C(CCc1cc(-c2cnc(C(F)(F)F)cn2)c(F)cn1)[C@@H]1C[C@@H](F)CN1S(=O)(=O)c1ccc(F)cc1. The van der Waals surface area contributed by atoms with Gasteiger partial charge in [0.15, 0.2) is 23.0 Å². The molecule has 2 atom stereocenters. The summed E-state index contributed by atoms with van der Waals surface area (Å²) in [5.41, 5.74) is 4.16. The Labute approximate surface area is 329 Å². The van der Waals surface area contributed by atoms with Crippen molar-refractivity contribution in [3.8, 4) is 22.5 Å². The molecule has 304 valence electrons. The second-order valence-corrected chi connectivity index (χ2v) is 14.2. The molecule has 6 rings (SSSR count). The summed E-state index contributed by atoms with van der Waals surface area (Å²) in [5, 5.41) is 0.270. The maximum absolute atomic E-state index is 14.3. The van der Waals surface area contributed by atoms with E-state index in [1.807, 2.05) is 0 Å². The number of Topliss-reactive ketones (excluding diaryl/α,β-unsaturated/α-hetero) is 1. The third-order valence-electron chi connectivity index (χ3n) is 8.09. The predicted molar refractivity (Wildman–Crippen MR) is 188 cm³/mol. The largest absolute Gasteiger partial charge is 0.434 e. The third-order valence-corrected chi connectivity index (χ3v) is 10.3. The fourth-order valence-corrected chi connectivity index (χ4v) is 7.15. The van der Waals surface area contributed by atoms with E-state index in [-0.39, 0.29) is 70.8 Å². The first-order valence-corrected chi connectivity index (χ1v) is 17.8. The van der Waals surface area contributed by atoms with E-state index in [4.69, 9.17) is 17.3 Å². The van der Waals surface area contributed by atoms with Gasteiger partial charge in [-0.3, -0.25) is 24.7 Å². The lowest BCUT2D eigenvalue weighted by molar-refractivity contribution is -0.142. The van der Waals surface area contributed by atoms with Gasteiger partial charge in [0.05, 0.1) is 64.0 Å². The van der Waals surface area contributed by atoms with Crippen molar-refractivity contribution >= 4 is 39.8 Å². The van der Waals surface area contributed by atoms with E-state index in [2.05, 4.69) is 29.9 Å². The highest BCUT2D eigenvalue weighted by Crippen LogP contribution is 2.32. The van der Waals surface area contributed by atoms with Crippen molar-refractivity contribution in [3.05, 3.63) is 113 Å². The molecule has 11 nitrogen and oxygen atoms in total.